The molecule has 3 aromatic rings. The number of aryl methyl sites for hydroxylation is 1. The van der Waals surface area contributed by atoms with Crippen LogP contribution in [0, 0.1) is 0 Å². The number of imidazole rings is 1. The fourth-order valence-corrected chi connectivity index (χ4v) is 2.03. The quantitative estimate of drug-likeness (QED) is 0.715. The fourth-order valence-electron chi connectivity index (χ4n) is 1.86. The summed E-state index contributed by atoms with van der Waals surface area (Å²) in [6.45, 7) is 0. The van der Waals surface area contributed by atoms with E-state index in [9.17, 15) is 0 Å². The molecule has 0 radical (unpaired) electrons. The van der Waals surface area contributed by atoms with Crippen LogP contribution in [0.5, 0.6) is 0 Å². The molecule has 0 atom stereocenters. The van der Waals surface area contributed by atoms with E-state index in [4.69, 9.17) is 17.3 Å². The van der Waals surface area contributed by atoms with Gasteiger partial charge in [0.2, 0.25) is 5.95 Å². The van der Waals surface area contributed by atoms with Crippen LogP contribution in [0.2, 0.25) is 5.02 Å². The van der Waals surface area contributed by atoms with Crippen molar-refractivity contribution in [1.29, 1.82) is 0 Å². The Bertz CT molecular complexity index is 697. The summed E-state index contributed by atoms with van der Waals surface area (Å²) in [7, 11) is 1.85. The van der Waals surface area contributed by atoms with Crippen LogP contribution >= 0.6 is 11.6 Å². The molecule has 3 rings (SSSR count). The molecule has 0 aliphatic carbocycles. The van der Waals surface area contributed by atoms with Crippen LogP contribution in [0.4, 0.5) is 5.95 Å². The van der Waals surface area contributed by atoms with E-state index in [0.29, 0.717) is 11.0 Å². The molecule has 17 heavy (non-hydrogen) atoms. The number of rotatable bonds is 1. The molecule has 1 aromatic carbocycles. The van der Waals surface area contributed by atoms with Crippen LogP contribution in [0.3, 0.4) is 0 Å². The lowest BCUT2D eigenvalue weighted by molar-refractivity contribution is 0.767. The van der Waals surface area contributed by atoms with Crippen molar-refractivity contribution >= 4 is 28.6 Å². The van der Waals surface area contributed by atoms with Gasteiger partial charge in [-0.15, -0.1) is 0 Å². The highest BCUT2D eigenvalue weighted by atomic mass is 35.5. The van der Waals surface area contributed by atoms with Crippen molar-refractivity contribution in [3.8, 4) is 5.69 Å². The van der Waals surface area contributed by atoms with E-state index in [0.717, 1.165) is 16.7 Å². The molecule has 0 aliphatic heterocycles. The fraction of sp³-hybridized carbons (Fsp3) is 0.0909. The first kappa shape index (κ1) is 10.2. The smallest absolute Gasteiger partial charge is 0.206 e. The van der Waals surface area contributed by atoms with E-state index in [1.807, 2.05) is 29.9 Å². The van der Waals surface area contributed by atoms with Gasteiger partial charge < -0.3 is 5.73 Å². The first-order valence-electron chi connectivity index (χ1n) is 5.07. The van der Waals surface area contributed by atoms with Gasteiger partial charge in [0.05, 0.1) is 22.9 Å². The monoisotopic (exact) mass is 247 g/mol. The second-order valence-corrected chi connectivity index (χ2v) is 4.25. The molecular weight excluding hydrogens is 238 g/mol. The molecule has 0 saturated carbocycles. The predicted molar refractivity (Wildman–Crippen MR) is 67.3 cm³/mol. The molecule has 2 aromatic heterocycles. The molecule has 2 N–H and O–H groups in total. The molecule has 0 amide bonds. The molecule has 86 valence electrons. The van der Waals surface area contributed by atoms with Crippen molar-refractivity contribution in [1.82, 2.24) is 19.3 Å². The third-order valence-electron chi connectivity index (χ3n) is 2.59. The number of anilines is 1. The summed E-state index contributed by atoms with van der Waals surface area (Å²) >= 11 is 5.99. The molecule has 0 saturated heterocycles. The van der Waals surface area contributed by atoms with Crippen molar-refractivity contribution < 1.29 is 0 Å². The van der Waals surface area contributed by atoms with Gasteiger partial charge in [0.1, 0.15) is 0 Å². The number of benzene rings is 1. The number of hydrogen-bond donors (Lipinski definition) is 1. The second-order valence-electron chi connectivity index (χ2n) is 3.81. The Hall–Kier alpha value is -2.01. The molecule has 2 heterocycles. The topological polar surface area (TPSA) is 61.7 Å². The van der Waals surface area contributed by atoms with Crippen LogP contribution in [-0.4, -0.2) is 19.3 Å². The Morgan fingerprint density at radius 3 is 2.88 bits per heavy atom. The number of fused-ring (bicyclic) bond motifs is 1. The van der Waals surface area contributed by atoms with Crippen LogP contribution < -0.4 is 5.73 Å². The lowest BCUT2D eigenvalue weighted by Gasteiger charge is -2.02. The Morgan fingerprint density at radius 2 is 2.18 bits per heavy atom. The molecule has 0 aliphatic rings. The van der Waals surface area contributed by atoms with Crippen LogP contribution in [-0.2, 0) is 7.05 Å². The average Bonchev–Trinajstić information content (AvgIpc) is 2.81. The highest BCUT2D eigenvalue weighted by Crippen LogP contribution is 2.25. The van der Waals surface area contributed by atoms with Crippen LogP contribution in [0.15, 0.2) is 30.6 Å². The summed E-state index contributed by atoms with van der Waals surface area (Å²) in [6, 6.07) is 5.48. The molecule has 0 fully saturated rings. The third kappa shape index (κ3) is 1.55. The van der Waals surface area contributed by atoms with E-state index < -0.39 is 0 Å². The van der Waals surface area contributed by atoms with Gasteiger partial charge in [0, 0.05) is 18.3 Å². The lowest BCUT2D eigenvalue weighted by Crippen LogP contribution is -1.99. The summed E-state index contributed by atoms with van der Waals surface area (Å²) in [5.74, 6) is 0.426. The highest BCUT2D eigenvalue weighted by Gasteiger charge is 2.11. The normalized spacial score (nSPS) is 11.2. The maximum absolute atomic E-state index is 5.99. The van der Waals surface area contributed by atoms with Crippen molar-refractivity contribution in [2.75, 3.05) is 5.73 Å². The number of aromatic nitrogens is 4. The minimum atomic E-state index is 0.426. The van der Waals surface area contributed by atoms with Gasteiger partial charge in [-0.05, 0) is 18.2 Å². The molecule has 0 spiro atoms. The maximum Gasteiger partial charge on any atom is 0.206 e. The van der Waals surface area contributed by atoms with Gasteiger partial charge in [0.15, 0.2) is 0 Å². The van der Waals surface area contributed by atoms with Crippen molar-refractivity contribution in [2.45, 2.75) is 0 Å². The van der Waals surface area contributed by atoms with Gasteiger partial charge in [-0.2, -0.15) is 5.10 Å². The van der Waals surface area contributed by atoms with Gasteiger partial charge in [-0.3, -0.25) is 9.25 Å². The zero-order valence-electron chi connectivity index (χ0n) is 9.13. The summed E-state index contributed by atoms with van der Waals surface area (Å²) in [5.41, 5.74) is 8.48. The van der Waals surface area contributed by atoms with Gasteiger partial charge >= 0.3 is 0 Å². The van der Waals surface area contributed by atoms with E-state index in [-0.39, 0.29) is 0 Å². The van der Waals surface area contributed by atoms with Gasteiger partial charge in [-0.25, -0.2) is 4.98 Å². The van der Waals surface area contributed by atoms with Crippen LogP contribution in [0.1, 0.15) is 0 Å². The van der Waals surface area contributed by atoms with Crippen molar-refractivity contribution in [2.24, 2.45) is 7.05 Å². The Kier molecular flexibility index (Phi) is 2.09. The first-order valence-corrected chi connectivity index (χ1v) is 5.45. The van der Waals surface area contributed by atoms with Gasteiger partial charge in [-0.1, -0.05) is 11.6 Å². The number of halogens is 1. The minimum Gasteiger partial charge on any atom is -0.369 e. The highest BCUT2D eigenvalue weighted by molar-refractivity contribution is 6.31. The number of nitrogen functional groups attached to an aromatic ring is 1. The van der Waals surface area contributed by atoms with Crippen LogP contribution in [0.25, 0.3) is 16.7 Å². The second kappa shape index (κ2) is 3.49. The molecule has 5 nitrogen and oxygen atoms in total. The van der Waals surface area contributed by atoms with Crippen molar-refractivity contribution in [3.05, 3.63) is 35.6 Å². The van der Waals surface area contributed by atoms with E-state index in [1.165, 1.54) is 0 Å². The van der Waals surface area contributed by atoms with Crippen molar-refractivity contribution in [3.63, 3.8) is 0 Å². The summed E-state index contributed by atoms with van der Waals surface area (Å²) in [4.78, 5) is 4.28. The van der Waals surface area contributed by atoms with E-state index in [1.54, 1.807) is 16.9 Å². The van der Waals surface area contributed by atoms with Gasteiger partial charge in [0.25, 0.3) is 0 Å². The summed E-state index contributed by atoms with van der Waals surface area (Å²) in [6.07, 6.45) is 3.61. The summed E-state index contributed by atoms with van der Waals surface area (Å²) in [5, 5.41) is 4.78. The molecule has 6 heteroatoms. The number of nitrogens with two attached hydrogens (primary N) is 1. The maximum atomic E-state index is 5.99. The zero-order chi connectivity index (χ0) is 12.0. The third-order valence-corrected chi connectivity index (χ3v) is 2.83. The minimum absolute atomic E-state index is 0.426. The van der Waals surface area contributed by atoms with E-state index >= 15 is 0 Å². The number of nitrogens with zero attached hydrogens (tertiary/aromatic N) is 4. The first-order chi connectivity index (χ1) is 8.15. The average molecular weight is 248 g/mol. The number of hydrogen-bond acceptors (Lipinski definition) is 3. The SMILES string of the molecule is Cn1cc(-n2c(N)nc3ccc(Cl)cc32)cn1. The Morgan fingerprint density at radius 1 is 1.35 bits per heavy atom. The molecule has 0 unspecified atom stereocenters. The Labute approximate surface area is 102 Å². The largest absolute Gasteiger partial charge is 0.369 e. The zero-order valence-corrected chi connectivity index (χ0v) is 9.89. The Balaban J connectivity index is 2.34. The molecule has 0 bridgehead atoms. The lowest BCUT2D eigenvalue weighted by atomic mass is 10.3. The standard InChI is InChI=1S/C11H10ClN5/c1-16-6-8(5-14-16)17-10-4-7(12)2-3-9(10)15-11(17)13/h2-6H,1H3,(H2,13,15). The van der Waals surface area contributed by atoms with E-state index in [2.05, 4.69) is 10.1 Å². The molecular formula is C11H10ClN5. The predicted octanol–water partition coefficient (Wildman–Crippen LogP) is 1.99. The summed E-state index contributed by atoms with van der Waals surface area (Å²) < 4.78 is 3.54.